The summed E-state index contributed by atoms with van der Waals surface area (Å²) in [6, 6.07) is 21.3. The van der Waals surface area contributed by atoms with Gasteiger partial charge in [-0.15, -0.1) is 0 Å². The molecule has 0 unspecified atom stereocenters. The lowest BCUT2D eigenvalue weighted by Crippen LogP contribution is -2.37. The summed E-state index contributed by atoms with van der Waals surface area (Å²) in [5.74, 6) is -1.47. The number of benzene rings is 3. The molecule has 0 saturated heterocycles. The highest BCUT2D eigenvalue weighted by Gasteiger charge is 2.40. The van der Waals surface area contributed by atoms with Crippen LogP contribution >= 0.6 is 11.6 Å². The van der Waals surface area contributed by atoms with Gasteiger partial charge in [-0.2, -0.15) is 0 Å². The van der Waals surface area contributed by atoms with Crippen molar-refractivity contribution in [2.45, 2.75) is 18.4 Å². The molecule has 0 amide bonds. The van der Waals surface area contributed by atoms with E-state index in [1.54, 1.807) is 54.6 Å². The molecule has 3 aromatic carbocycles. The molecule has 0 N–H and O–H groups in total. The molecule has 6 nitrogen and oxygen atoms in total. The maximum atomic E-state index is 13.5. The Morgan fingerprint density at radius 1 is 0.906 bits per heavy atom. The van der Waals surface area contributed by atoms with Gasteiger partial charge in [0.25, 0.3) is 10.0 Å². The number of fused-ring (bicyclic) bond motifs is 1. The molecule has 0 aromatic heterocycles. The average Bonchev–Trinajstić information content (AvgIpc) is 2.78. The molecule has 1 aliphatic heterocycles. The Bertz CT molecular complexity index is 1350. The number of carbonyl (C=O) groups is 2. The van der Waals surface area contributed by atoms with E-state index in [0.29, 0.717) is 5.56 Å². The Morgan fingerprint density at radius 3 is 2.22 bits per heavy atom. The highest BCUT2D eigenvalue weighted by molar-refractivity contribution is 7.89. The van der Waals surface area contributed by atoms with Crippen LogP contribution in [0, 0.1) is 0 Å². The van der Waals surface area contributed by atoms with Crippen molar-refractivity contribution >= 4 is 39.1 Å². The van der Waals surface area contributed by atoms with E-state index in [4.69, 9.17) is 16.3 Å². The zero-order valence-corrected chi connectivity index (χ0v) is 18.6. The summed E-state index contributed by atoms with van der Waals surface area (Å²) in [6.45, 7) is 1.14. The van der Waals surface area contributed by atoms with Crippen molar-refractivity contribution in [1.82, 2.24) is 4.31 Å². The molecule has 0 atom stereocenters. The standard InChI is InChI=1S/C24H18ClNO5S/c1-16(27)22-23(31-24(28)18-11-5-7-13-20(18)25)19-12-6-8-14-21(19)32(29,30)26(22)15-17-9-3-2-4-10-17/h2-14H,15H2,1H3. The number of halogens is 1. The lowest BCUT2D eigenvalue weighted by Gasteiger charge is -2.32. The summed E-state index contributed by atoms with van der Waals surface area (Å²) >= 11 is 6.13. The number of hydrogen-bond acceptors (Lipinski definition) is 5. The number of ketones is 1. The number of esters is 1. The van der Waals surface area contributed by atoms with Crippen LogP contribution in [-0.2, 0) is 26.1 Å². The minimum absolute atomic E-state index is 0.0529. The van der Waals surface area contributed by atoms with Gasteiger partial charge in [0.1, 0.15) is 5.70 Å². The summed E-state index contributed by atoms with van der Waals surface area (Å²) in [5.41, 5.74) is 0.700. The van der Waals surface area contributed by atoms with Crippen molar-refractivity contribution in [3.8, 4) is 0 Å². The molecule has 0 saturated carbocycles. The number of sulfonamides is 1. The molecule has 1 aliphatic rings. The lowest BCUT2D eigenvalue weighted by atomic mass is 10.1. The van der Waals surface area contributed by atoms with Gasteiger partial charge in [0.05, 0.1) is 22.0 Å². The second-order valence-electron chi connectivity index (χ2n) is 7.10. The Kier molecular flexibility index (Phi) is 5.86. The second-order valence-corrected chi connectivity index (χ2v) is 9.33. The highest BCUT2D eigenvalue weighted by Crippen LogP contribution is 2.39. The zero-order chi connectivity index (χ0) is 22.9. The Balaban J connectivity index is 1.90. The van der Waals surface area contributed by atoms with Gasteiger partial charge in [-0.3, -0.25) is 9.10 Å². The molecular formula is C24H18ClNO5S. The van der Waals surface area contributed by atoms with Crippen molar-refractivity contribution in [3.05, 3.63) is 106 Å². The fourth-order valence-electron chi connectivity index (χ4n) is 3.49. The third kappa shape index (κ3) is 3.92. The summed E-state index contributed by atoms with van der Waals surface area (Å²) in [4.78, 5) is 25.6. The van der Waals surface area contributed by atoms with E-state index in [9.17, 15) is 18.0 Å². The van der Waals surface area contributed by atoms with Crippen molar-refractivity contribution in [2.75, 3.05) is 0 Å². The molecule has 32 heavy (non-hydrogen) atoms. The van der Waals surface area contributed by atoms with Gasteiger partial charge in [-0.05, 0) is 29.8 Å². The van der Waals surface area contributed by atoms with Gasteiger partial charge in [-0.25, -0.2) is 13.2 Å². The summed E-state index contributed by atoms with van der Waals surface area (Å²) in [6.07, 6.45) is 0. The van der Waals surface area contributed by atoms with Crippen molar-refractivity contribution in [2.24, 2.45) is 0 Å². The summed E-state index contributed by atoms with van der Waals surface area (Å²) in [7, 11) is -4.08. The van der Waals surface area contributed by atoms with E-state index in [1.165, 1.54) is 25.1 Å². The van der Waals surface area contributed by atoms with E-state index in [1.807, 2.05) is 6.07 Å². The van der Waals surface area contributed by atoms with Crippen molar-refractivity contribution in [3.63, 3.8) is 0 Å². The van der Waals surface area contributed by atoms with Crippen LogP contribution in [0.4, 0.5) is 0 Å². The SMILES string of the molecule is CC(=O)C1=C(OC(=O)c2ccccc2Cl)c2ccccc2S(=O)(=O)N1Cc1ccccc1. The monoisotopic (exact) mass is 467 g/mol. The minimum Gasteiger partial charge on any atom is -0.420 e. The van der Waals surface area contributed by atoms with E-state index in [0.717, 1.165) is 4.31 Å². The molecule has 0 fully saturated rings. The average molecular weight is 468 g/mol. The van der Waals surface area contributed by atoms with Crippen LogP contribution < -0.4 is 0 Å². The van der Waals surface area contributed by atoms with Gasteiger partial charge in [0.15, 0.2) is 11.5 Å². The molecule has 162 valence electrons. The Morgan fingerprint density at radius 2 is 1.53 bits per heavy atom. The summed E-state index contributed by atoms with van der Waals surface area (Å²) < 4.78 is 33.6. The molecule has 0 spiro atoms. The normalized spacial score (nSPS) is 14.6. The maximum absolute atomic E-state index is 13.5. The van der Waals surface area contributed by atoms with Crippen LogP contribution in [0.2, 0.25) is 5.02 Å². The minimum atomic E-state index is -4.08. The number of nitrogens with zero attached hydrogens (tertiary/aromatic N) is 1. The first-order chi connectivity index (χ1) is 15.3. The number of carbonyl (C=O) groups excluding carboxylic acids is 2. The first kappa shape index (κ1) is 21.8. The van der Waals surface area contributed by atoms with Gasteiger partial charge >= 0.3 is 5.97 Å². The molecule has 4 rings (SSSR count). The molecule has 0 aliphatic carbocycles. The number of allylic oxidation sites excluding steroid dienone is 1. The van der Waals surface area contributed by atoms with Gasteiger partial charge < -0.3 is 4.74 Å². The van der Waals surface area contributed by atoms with E-state index < -0.39 is 21.8 Å². The quantitative estimate of drug-likeness (QED) is 0.510. The number of Topliss-reactive ketones (excluding diaryl/α,β-unsaturated/α-hetero) is 1. The Labute approximate surface area is 190 Å². The second kappa shape index (κ2) is 8.61. The smallest absolute Gasteiger partial charge is 0.345 e. The molecule has 8 heteroatoms. The fourth-order valence-corrected chi connectivity index (χ4v) is 5.40. The molecule has 0 bridgehead atoms. The maximum Gasteiger partial charge on any atom is 0.345 e. The predicted octanol–water partition coefficient (Wildman–Crippen LogP) is 4.66. The highest BCUT2D eigenvalue weighted by atomic mass is 35.5. The third-order valence-electron chi connectivity index (χ3n) is 4.96. The van der Waals surface area contributed by atoms with Crippen molar-refractivity contribution in [1.29, 1.82) is 0 Å². The molecule has 0 radical (unpaired) electrons. The van der Waals surface area contributed by atoms with E-state index >= 15 is 0 Å². The number of rotatable bonds is 5. The van der Waals surface area contributed by atoms with Crippen LogP contribution in [0.5, 0.6) is 0 Å². The van der Waals surface area contributed by atoms with Gasteiger partial charge in [0, 0.05) is 12.5 Å². The van der Waals surface area contributed by atoms with Crippen LogP contribution in [0.3, 0.4) is 0 Å². The lowest BCUT2D eigenvalue weighted by molar-refractivity contribution is -0.114. The fraction of sp³-hybridized carbons (Fsp3) is 0.0833. The van der Waals surface area contributed by atoms with Gasteiger partial charge in [-0.1, -0.05) is 66.2 Å². The number of ether oxygens (including phenoxy) is 1. The van der Waals surface area contributed by atoms with Crippen LogP contribution in [-0.4, -0.2) is 24.5 Å². The largest absolute Gasteiger partial charge is 0.420 e. The van der Waals surface area contributed by atoms with Crippen LogP contribution in [0.1, 0.15) is 28.4 Å². The predicted molar refractivity (Wildman–Crippen MR) is 120 cm³/mol. The third-order valence-corrected chi connectivity index (χ3v) is 7.09. The topological polar surface area (TPSA) is 80.8 Å². The van der Waals surface area contributed by atoms with E-state index in [-0.39, 0.29) is 39.0 Å². The molecule has 1 heterocycles. The van der Waals surface area contributed by atoms with E-state index in [2.05, 4.69) is 0 Å². The van der Waals surface area contributed by atoms with Gasteiger partial charge in [0.2, 0.25) is 0 Å². The summed E-state index contributed by atoms with van der Waals surface area (Å²) in [5, 5.41) is 0.181. The number of hydrogen-bond donors (Lipinski definition) is 0. The first-order valence-electron chi connectivity index (χ1n) is 9.68. The van der Waals surface area contributed by atoms with Crippen molar-refractivity contribution < 1.29 is 22.7 Å². The molecular weight excluding hydrogens is 450 g/mol. The van der Waals surface area contributed by atoms with Crippen LogP contribution in [0.15, 0.2) is 89.5 Å². The van der Waals surface area contributed by atoms with Crippen LogP contribution in [0.25, 0.3) is 5.76 Å². The Hall–Kier alpha value is -3.42. The molecule has 3 aromatic rings. The zero-order valence-electron chi connectivity index (χ0n) is 17.0. The first-order valence-corrected chi connectivity index (χ1v) is 11.5.